The summed E-state index contributed by atoms with van der Waals surface area (Å²) in [5.74, 6) is -0.288. The predicted molar refractivity (Wildman–Crippen MR) is 158 cm³/mol. The van der Waals surface area contributed by atoms with Crippen molar-refractivity contribution in [3.63, 3.8) is 0 Å². The maximum absolute atomic E-state index is 13.8. The second kappa shape index (κ2) is 10.1. The van der Waals surface area contributed by atoms with E-state index in [1.54, 1.807) is 19.1 Å². The molecule has 5 aliphatic rings. The number of ketones is 2. The smallest absolute Gasteiger partial charge is 0.193 e. The number of carbonyl (C=O) groups is 2. The zero-order valence-electron chi connectivity index (χ0n) is 25.0. The number of hydrogen-bond acceptors (Lipinski definition) is 7. The first kappa shape index (κ1) is 28.9. The van der Waals surface area contributed by atoms with Gasteiger partial charge in [0.25, 0.3) is 0 Å². The summed E-state index contributed by atoms with van der Waals surface area (Å²) in [6.07, 6.45) is 9.30. The molecule has 0 spiro atoms. The largest absolute Gasteiger partial charge is 0.393 e. The van der Waals surface area contributed by atoms with Crippen LogP contribution in [0.25, 0.3) is 0 Å². The molecule has 0 bridgehead atoms. The lowest BCUT2D eigenvalue weighted by molar-refractivity contribution is -0.201. The van der Waals surface area contributed by atoms with E-state index in [-0.39, 0.29) is 29.3 Å². The molecule has 1 aromatic carbocycles. The SMILES string of the molecule is C[C@@H](O)c1ccc(Cn2ccc([C@@H]3O[C@@H]4C[C@H]5[C@@H]6CCC7=CC(=O)C=C[C@]7(C)[C@H]6[C@@H](O)C[C@]5(C)[C@]4(C(=O)CO)O3)c2)cc1. The second-order valence-electron chi connectivity index (χ2n) is 13.9. The minimum atomic E-state index is -1.36. The molecule has 1 saturated heterocycles. The fraction of sp³-hybridized carbons (Fsp3) is 0.543. The summed E-state index contributed by atoms with van der Waals surface area (Å²) in [7, 11) is 0. The van der Waals surface area contributed by atoms with Crippen LogP contribution in [0.5, 0.6) is 0 Å². The molecule has 8 nitrogen and oxygen atoms in total. The number of rotatable bonds is 6. The van der Waals surface area contributed by atoms with Crippen LogP contribution in [0, 0.1) is 28.6 Å². The fourth-order valence-corrected chi connectivity index (χ4v) is 9.64. The van der Waals surface area contributed by atoms with E-state index in [1.807, 2.05) is 60.3 Å². The van der Waals surface area contributed by atoms with Gasteiger partial charge in [-0.2, -0.15) is 0 Å². The molecule has 10 atom stereocenters. The summed E-state index contributed by atoms with van der Waals surface area (Å²) in [6.45, 7) is 5.89. The molecule has 8 heteroatoms. The number of nitrogens with zero attached hydrogens (tertiary/aromatic N) is 1. The van der Waals surface area contributed by atoms with Crippen molar-refractivity contribution in [2.75, 3.05) is 6.61 Å². The van der Waals surface area contributed by atoms with Gasteiger partial charge in [0.1, 0.15) is 6.61 Å². The Bertz CT molecular complexity index is 1510. The molecule has 2 heterocycles. The summed E-state index contributed by atoms with van der Waals surface area (Å²) < 4.78 is 15.3. The van der Waals surface area contributed by atoms with Gasteiger partial charge in [0, 0.05) is 41.2 Å². The number of ether oxygens (including phenoxy) is 2. The van der Waals surface area contributed by atoms with Crippen molar-refractivity contribution in [3.05, 3.63) is 83.2 Å². The number of Topliss-reactive ketones (excluding diaryl/α,β-unsaturated/α-hetero) is 1. The molecule has 4 aliphatic carbocycles. The zero-order chi connectivity index (χ0) is 30.3. The van der Waals surface area contributed by atoms with Crippen LogP contribution in [0.15, 0.2) is 66.5 Å². The molecule has 0 amide bonds. The van der Waals surface area contributed by atoms with Crippen LogP contribution in [0.3, 0.4) is 0 Å². The summed E-state index contributed by atoms with van der Waals surface area (Å²) in [5.41, 5.74) is 1.33. The Balaban J connectivity index is 1.16. The van der Waals surface area contributed by atoms with E-state index in [4.69, 9.17) is 9.47 Å². The van der Waals surface area contributed by atoms with Gasteiger partial charge in [-0.25, -0.2) is 0 Å². The molecule has 43 heavy (non-hydrogen) atoms. The van der Waals surface area contributed by atoms with Crippen molar-refractivity contribution >= 4 is 11.6 Å². The van der Waals surface area contributed by atoms with Gasteiger partial charge in [-0.1, -0.05) is 49.8 Å². The van der Waals surface area contributed by atoms with Crippen molar-refractivity contribution in [1.29, 1.82) is 0 Å². The highest BCUT2D eigenvalue weighted by atomic mass is 16.7. The van der Waals surface area contributed by atoms with Gasteiger partial charge in [0.05, 0.1) is 18.3 Å². The average molecular weight is 588 g/mol. The molecule has 3 N–H and O–H groups in total. The third-order valence-corrected chi connectivity index (χ3v) is 11.7. The number of allylic oxidation sites excluding steroid dienone is 4. The third-order valence-electron chi connectivity index (χ3n) is 11.7. The minimum Gasteiger partial charge on any atom is -0.393 e. The maximum atomic E-state index is 13.8. The number of aromatic nitrogens is 1. The predicted octanol–water partition coefficient (Wildman–Crippen LogP) is 4.19. The highest BCUT2D eigenvalue weighted by Crippen LogP contribution is 2.70. The highest BCUT2D eigenvalue weighted by Gasteiger charge is 2.75. The quantitative estimate of drug-likeness (QED) is 0.464. The molecule has 7 rings (SSSR count). The van der Waals surface area contributed by atoms with E-state index in [0.717, 1.165) is 35.1 Å². The van der Waals surface area contributed by atoms with Crippen LogP contribution in [0.4, 0.5) is 0 Å². The van der Waals surface area contributed by atoms with E-state index in [2.05, 4.69) is 6.92 Å². The van der Waals surface area contributed by atoms with Gasteiger partial charge in [0.2, 0.25) is 0 Å². The molecule has 1 aromatic heterocycles. The Hall–Kier alpha value is -2.88. The van der Waals surface area contributed by atoms with E-state index < -0.39 is 47.6 Å². The molecule has 0 radical (unpaired) electrons. The number of aliphatic hydroxyl groups is 3. The van der Waals surface area contributed by atoms with Crippen molar-refractivity contribution < 1.29 is 34.4 Å². The first-order chi connectivity index (χ1) is 20.5. The van der Waals surface area contributed by atoms with Crippen molar-refractivity contribution in [3.8, 4) is 0 Å². The fourth-order valence-electron chi connectivity index (χ4n) is 9.64. The first-order valence-corrected chi connectivity index (χ1v) is 15.5. The average Bonchev–Trinajstić information content (AvgIpc) is 3.66. The molecule has 3 saturated carbocycles. The Morgan fingerprint density at radius 1 is 1.19 bits per heavy atom. The van der Waals surface area contributed by atoms with Gasteiger partial charge in [-0.3, -0.25) is 9.59 Å². The van der Waals surface area contributed by atoms with E-state index >= 15 is 0 Å². The monoisotopic (exact) mass is 587 g/mol. The standard InChI is InChI=1S/C35H41NO7/c1-20(38)22-6-4-21(5-7-22)17-36-13-11-23(18-36)32-42-30-15-27-26-9-8-24-14-25(39)10-12-33(24,2)31(26)28(40)16-34(27,3)35(30,43-32)29(41)19-37/h4-7,10-14,18,20,26-28,30-32,37-38,40H,8-9,15-17,19H2,1-3H3/t20-,26+,27+,28+,30-,31-,32-,33+,34+,35-/m1/s1. The molecular formula is C35H41NO7. The Kier molecular flexibility index (Phi) is 6.76. The second-order valence-corrected chi connectivity index (χ2v) is 13.9. The van der Waals surface area contributed by atoms with Crippen LogP contribution in [0.1, 0.15) is 75.5 Å². The Morgan fingerprint density at radius 2 is 1.95 bits per heavy atom. The molecule has 0 unspecified atom stereocenters. The maximum Gasteiger partial charge on any atom is 0.193 e. The van der Waals surface area contributed by atoms with Crippen molar-refractivity contribution in [2.45, 2.75) is 83.2 Å². The van der Waals surface area contributed by atoms with Gasteiger partial charge in [-0.15, -0.1) is 0 Å². The van der Waals surface area contributed by atoms with Gasteiger partial charge < -0.3 is 29.4 Å². The van der Waals surface area contributed by atoms with E-state index in [9.17, 15) is 24.9 Å². The summed E-state index contributed by atoms with van der Waals surface area (Å²) in [6, 6.07) is 9.78. The number of carbonyl (C=O) groups excluding carboxylic acids is 2. The van der Waals surface area contributed by atoms with Crippen LogP contribution >= 0.6 is 0 Å². The molecular weight excluding hydrogens is 546 g/mol. The van der Waals surface area contributed by atoms with Crippen LogP contribution in [-0.4, -0.2) is 55.9 Å². The third kappa shape index (κ3) is 4.14. The topological polar surface area (TPSA) is 118 Å². The van der Waals surface area contributed by atoms with Gasteiger partial charge in [-0.05, 0) is 73.8 Å². The number of aliphatic hydroxyl groups excluding tert-OH is 3. The number of benzene rings is 1. The van der Waals surface area contributed by atoms with Gasteiger partial charge >= 0.3 is 0 Å². The van der Waals surface area contributed by atoms with Crippen LogP contribution in [0.2, 0.25) is 0 Å². The lowest BCUT2D eigenvalue weighted by Gasteiger charge is -2.59. The first-order valence-electron chi connectivity index (χ1n) is 15.5. The lowest BCUT2D eigenvalue weighted by Crippen LogP contribution is -2.63. The zero-order valence-corrected chi connectivity index (χ0v) is 25.0. The molecule has 2 aromatic rings. The van der Waals surface area contributed by atoms with Crippen molar-refractivity contribution in [1.82, 2.24) is 4.57 Å². The van der Waals surface area contributed by atoms with E-state index in [0.29, 0.717) is 19.4 Å². The van der Waals surface area contributed by atoms with Crippen LogP contribution < -0.4 is 0 Å². The summed E-state index contributed by atoms with van der Waals surface area (Å²) in [4.78, 5) is 25.9. The highest BCUT2D eigenvalue weighted by molar-refractivity contribution is 6.01. The van der Waals surface area contributed by atoms with Gasteiger partial charge in [0.15, 0.2) is 23.5 Å². The lowest BCUT2D eigenvalue weighted by atomic mass is 9.46. The molecule has 4 fully saturated rings. The van der Waals surface area contributed by atoms with E-state index in [1.165, 1.54) is 0 Å². The van der Waals surface area contributed by atoms with Crippen molar-refractivity contribution in [2.24, 2.45) is 28.6 Å². The minimum absolute atomic E-state index is 0.000122. The molecule has 1 aliphatic heterocycles. The Morgan fingerprint density at radius 3 is 2.67 bits per heavy atom. The molecule has 228 valence electrons. The summed E-state index contributed by atoms with van der Waals surface area (Å²) in [5, 5.41) is 31.8. The number of fused-ring (bicyclic) bond motifs is 7. The number of hydrogen-bond donors (Lipinski definition) is 3. The Labute approximate surface area is 252 Å². The summed E-state index contributed by atoms with van der Waals surface area (Å²) >= 11 is 0. The normalized spacial score (nSPS) is 40.3. The van der Waals surface area contributed by atoms with Crippen LogP contribution in [-0.2, 0) is 25.6 Å².